The van der Waals surface area contributed by atoms with Gasteiger partial charge in [-0.15, -0.1) is 0 Å². The number of nitrogens with two attached hydrogens (primary N) is 1. The highest BCUT2D eigenvalue weighted by Crippen LogP contribution is 2.26. The Kier molecular flexibility index (Phi) is 5.50. The van der Waals surface area contributed by atoms with E-state index in [2.05, 4.69) is 54.9 Å². The van der Waals surface area contributed by atoms with Crippen LogP contribution in [0.4, 0.5) is 0 Å². The molecule has 1 atom stereocenters. The van der Waals surface area contributed by atoms with Crippen molar-refractivity contribution < 1.29 is 0 Å². The lowest BCUT2D eigenvalue weighted by Gasteiger charge is -2.15. The highest BCUT2D eigenvalue weighted by molar-refractivity contribution is 9.10. The Morgan fingerprint density at radius 3 is 2.56 bits per heavy atom. The van der Waals surface area contributed by atoms with Crippen molar-refractivity contribution in [1.29, 1.82) is 0 Å². The van der Waals surface area contributed by atoms with E-state index in [1.54, 1.807) is 0 Å². The van der Waals surface area contributed by atoms with Gasteiger partial charge in [0, 0.05) is 10.5 Å². The van der Waals surface area contributed by atoms with Crippen LogP contribution in [0.15, 0.2) is 22.7 Å². The molecule has 0 heterocycles. The van der Waals surface area contributed by atoms with Crippen molar-refractivity contribution in [2.75, 3.05) is 0 Å². The van der Waals surface area contributed by atoms with Crippen molar-refractivity contribution >= 4 is 15.9 Å². The van der Waals surface area contributed by atoms with Gasteiger partial charge in [0.05, 0.1) is 0 Å². The maximum absolute atomic E-state index is 6.22. The number of hydrogen-bond donors (Lipinski definition) is 1. The van der Waals surface area contributed by atoms with Gasteiger partial charge in [-0.1, -0.05) is 60.3 Å². The van der Waals surface area contributed by atoms with Crippen LogP contribution in [0.25, 0.3) is 0 Å². The van der Waals surface area contributed by atoms with E-state index in [9.17, 15) is 0 Å². The first-order valence-corrected chi connectivity index (χ1v) is 6.81. The molecule has 1 nitrogen and oxygen atoms in total. The van der Waals surface area contributed by atoms with Crippen LogP contribution in [0.1, 0.15) is 50.3 Å². The minimum absolute atomic E-state index is 0.160. The van der Waals surface area contributed by atoms with Crippen molar-refractivity contribution in [3.8, 4) is 0 Å². The Bertz CT molecular complexity index is 334. The molecule has 1 rings (SSSR count). The van der Waals surface area contributed by atoms with Gasteiger partial charge in [0.2, 0.25) is 0 Å². The molecule has 0 aliphatic carbocycles. The largest absolute Gasteiger partial charge is 0.324 e. The van der Waals surface area contributed by atoms with Crippen LogP contribution in [-0.4, -0.2) is 0 Å². The Morgan fingerprint density at radius 2 is 1.94 bits per heavy atom. The highest BCUT2D eigenvalue weighted by atomic mass is 79.9. The fourth-order valence-electron chi connectivity index (χ4n) is 1.85. The summed E-state index contributed by atoms with van der Waals surface area (Å²) in [4.78, 5) is 0. The molecule has 0 radical (unpaired) electrons. The van der Waals surface area contributed by atoms with Gasteiger partial charge in [-0.25, -0.2) is 0 Å². The normalized spacial score (nSPS) is 13.1. The zero-order valence-corrected chi connectivity index (χ0v) is 12.0. The number of aryl methyl sites for hydroxylation is 1. The molecule has 16 heavy (non-hydrogen) atoms. The second kappa shape index (κ2) is 6.41. The quantitative estimate of drug-likeness (QED) is 0.841. The number of benzene rings is 1. The van der Waals surface area contributed by atoms with Gasteiger partial charge in [-0.2, -0.15) is 0 Å². The fraction of sp³-hybridized carbons (Fsp3) is 0.571. The molecular weight excluding hydrogens is 262 g/mol. The minimum atomic E-state index is 0.160. The summed E-state index contributed by atoms with van der Waals surface area (Å²) in [6.45, 7) is 6.62. The van der Waals surface area contributed by atoms with Crippen molar-refractivity contribution in [2.24, 2.45) is 11.7 Å². The topological polar surface area (TPSA) is 26.0 Å². The standard InChI is InChI=1S/C14H22BrN/c1-10(2)5-4-6-14(16)12-9-11(3)7-8-13(12)15/h7-10,14H,4-6,16H2,1-3H3. The number of hydrogen-bond acceptors (Lipinski definition) is 1. The lowest BCUT2D eigenvalue weighted by molar-refractivity contribution is 0.505. The maximum atomic E-state index is 6.22. The number of rotatable bonds is 5. The van der Waals surface area contributed by atoms with Gasteiger partial charge in [0.25, 0.3) is 0 Å². The molecule has 2 heteroatoms. The van der Waals surface area contributed by atoms with Gasteiger partial charge in [0.1, 0.15) is 0 Å². The summed E-state index contributed by atoms with van der Waals surface area (Å²) in [5, 5.41) is 0. The molecular formula is C14H22BrN. The van der Waals surface area contributed by atoms with Crippen molar-refractivity contribution in [2.45, 2.75) is 46.1 Å². The van der Waals surface area contributed by atoms with Crippen molar-refractivity contribution in [3.63, 3.8) is 0 Å². The third-order valence-corrected chi connectivity index (χ3v) is 3.57. The molecule has 0 fully saturated rings. The van der Waals surface area contributed by atoms with Crippen molar-refractivity contribution in [3.05, 3.63) is 33.8 Å². The summed E-state index contributed by atoms with van der Waals surface area (Å²) in [5.74, 6) is 0.771. The Labute approximate surface area is 108 Å². The predicted octanol–water partition coefficient (Wildman–Crippen LogP) is 4.58. The third-order valence-electron chi connectivity index (χ3n) is 2.85. The van der Waals surface area contributed by atoms with Crippen LogP contribution in [0, 0.1) is 12.8 Å². The second-order valence-corrected chi connectivity index (χ2v) is 5.81. The summed E-state index contributed by atoms with van der Waals surface area (Å²) in [7, 11) is 0. The smallest absolute Gasteiger partial charge is 0.0306 e. The van der Waals surface area contributed by atoms with E-state index < -0.39 is 0 Å². The zero-order chi connectivity index (χ0) is 12.1. The van der Waals surface area contributed by atoms with Crippen LogP contribution in [0.3, 0.4) is 0 Å². The monoisotopic (exact) mass is 283 g/mol. The van der Waals surface area contributed by atoms with E-state index in [-0.39, 0.29) is 6.04 Å². The second-order valence-electron chi connectivity index (χ2n) is 4.96. The minimum Gasteiger partial charge on any atom is -0.324 e. The molecule has 0 amide bonds. The van der Waals surface area contributed by atoms with E-state index >= 15 is 0 Å². The van der Waals surface area contributed by atoms with Gasteiger partial charge < -0.3 is 5.73 Å². The average Bonchev–Trinajstić information content (AvgIpc) is 2.21. The zero-order valence-electron chi connectivity index (χ0n) is 10.5. The fourth-order valence-corrected chi connectivity index (χ4v) is 2.39. The van der Waals surface area contributed by atoms with Gasteiger partial charge in [-0.3, -0.25) is 0 Å². The average molecular weight is 284 g/mol. The third kappa shape index (κ3) is 4.26. The molecule has 1 unspecified atom stereocenters. The van der Waals surface area contributed by atoms with Crippen molar-refractivity contribution in [1.82, 2.24) is 0 Å². The van der Waals surface area contributed by atoms with E-state index in [1.165, 1.54) is 24.0 Å². The van der Waals surface area contributed by atoms with Crippen LogP contribution >= 0.6 is 15.9 Å². The summed E-state index contributed by atoms with van der Waals surface area (Å²) < 4.78 is 1.13. The predicted molar refractivity (Wildman–Crippen MR) is 74.5 cm³/mol. The van der Waals surface area contributed by atoms with Crippen LogP contribution in [0.5, 0.6) is 0 Å². The van der Waals surface area contributed by atoms with E-state index in [0.29, 0.717) is 0 Å². The first-order valence-electron chi connectivity index (χ1n) is 6.02. The molecule has 2 N–H and O–H groups in total. The summed E-state index contributed by atoms with van der Waals surface area (Å²) in [6, 6.07) is 6.54. The summed E-state index contributed by atoms with van der Waals surface area (Å²) in [6.07, 6.45) is 3.54. The molecule has 0 aromatic heterocycles. The first kappa shape index (κ1) is 13.7. The van der Waals surface area contributed by atoms with Gasteiger partial charge in [0.15, 0.2) is 0 Å². The molecule has 90 valence electrons. The summed E-state index contributed by atoms with van der Waals surface area (Å²) in [5.41, 5.74) is 8.74. The Balaban J connectivity index is 2.58. The molecule has 1 aromatic rings. The summed E-state index contributed by atoms with van der Waals surface area (Å²) >= 11 is 3.57. The van der Waals surface area contributed by atoms with E-state index in [1.807, 2.05) is 0 Å². The number of halogens is 1. The SMILES string of the molecule is Cc1ccc(Br)c(C(N)CCCC(C)C)c1. The molecule has 0 saturated heterocycles. The van der Waals surface area contributed by atoms with Crippen LogP contribution in [-0.2, 0) is 0 Å². The molecule has 0 spiro atoms. The lowest BCUT2D eigenvalue weighted by Crippen LogP contribution is -2.11. The molecule has 0 aliphatic rings. The first-order chi connectivity index (χ1) is 7.50. The Hall–Kier alpha value is -0.340. The highest BCUT2D eigenvalue weighted by Gasteiger charge is 2.10. The molecule has 1 aromatic carbocycles. The maximum Gasteiger partial charge on any atom is 0.0306 e. The van der Waals surface area contributed by atoms with E-state index in [0.717, 1.165) is 16.8 Å². The van der Waals surface area contributed by atoms with Gasteiger partial charge in [-0.05, 0) is 30.9 Å². The molecule has 0 aliphatic heterocycles. The molecule has 0 bridgehead atoms. The van der Waals surface area contributed by atoms with Gasteiger partial charge >= 0.3 is 0 Å². The van der Waals surface area contributed by atoms with Crippen LogP contribution < -0.4 is 5.73 Å². The van der Waals surface area contributed by atoms with E-state index in [4.69, 9.17) is 5.73 Å². The van der Waals surface area contributed by atoms with Crippen LogP contribution in [0.2, 0.25) is 0 Å². The molecule has 0 saturated carbocycles. The lowest BCUT2D eigenvalue weighted by atomic mass is 9.98. The Morgan fingerprint density at radius 1 is 1.25 bits per heavy atom.